The van der Waals surface area contributed by atoms with Crippen molar-refractivity contribution in [1.29, 1.82) is 0 Å². The van der Waals surface area contributed by atoms with Gasteiger partial charge in [-0.3, -0.25) is 4.90 Å². The Morgan fingerprint density at radius 3 is 2.78 bits per heavy atom. The highest BCUT2D eigenvalue weighted by Gasteiger charge is 2.25. The molecular formula is C15H23NOS. The Morgan fingerprint density at radius 1 is 1.33 bits per heavy atom. The second-order valence-electron chi connectivity index (χ2n) is 5.07. The molecule has 2 rings (SSSR count). The summed E-state index contributed by atoms with van der Waals surface area (Å²) in [5, 5.41) is 10.9. The predicted octanol–water partition coefficient (Wildman–Crippen LogP) is 2.94. The van der Waals surface area contributed by atoms with Crippen molar-refractivity contribution in [3.05, 3.63) is 35.9 Å². The van der Waals surface area contributed by atoms with Crippen LogP contribution in [0.1, 0.15) is 31.9 Å². The molecule has 0 aliphatic carbocycles. The predicted molar refractivity (Wildman–Crippen MR) is 79.0 cm³/mol. The van der Waals surface area contributed by atoms with E-state index in [-0.39, 0.29) is 6.10 Å². The number of rotatable bonds is 4. The molecule has 0 aromatic heterocycles. The van der Waals surface area contributed by atoms with Crippen LogP contribution >= 0.6 is 11.8 Å². The second-order valence-corrected chi connectivity index (χ2v) is 6.55. The van der Waals surface area contributed by atoms with Crippen LogP contribution in [0.3, 0.4) is 0 Å². The smallest absolute Gasteiger partial charge is 0.0802 e. The number of nitrogens with zero attached hydrogens (tertiary/aromatic N) is 1. The van der Waals surface area contributed by atoms with Gasteiger partial charge >= 0.3 is 0 Å². The van der Waals surface area contributed by atoms with Crippen molar-refractivity contribution in [3.8, 4) is 0 Å². The summed E-state index contributed by atoms with van der Waals surface area (Å²) in [5.74, 6) is 1.22. The molecule has 0 spiro atoms. The van der Waals surface area contributed by atoms with Gasteiger partial charge in [0, 0.05) is 30.1 Å². The van der Waals surface area contributed by atoms with Crippen molar-refractivity contribution in [2.45, 2.75) is 37.7 Å². The number of hydrogen-bond acceptors (Lipinski definition) is 3. The standard InChI is InChI=1S/C15H23NOS/c1-12-13(2)18-11-10-16(12)9-8-15(17)14-6-4-3-5-7-14/h3-7,12-13,15,17H,8-11H2,1-2H3. The fourth-order valence-electron chi connectivity index (χ4n) is 2.44. The molecule has 1 aliphatic rings. The molecule has 3 heteroatoms. The van der Waals surface area contributed by atoms with Crippen LogP contribution < -0.4 is 0 Å². The maximum absolute atomic E-state index is 10.2. The van der Waals surface area contributed by atoms with E-state index in [1.54, 1.807) is 0 Å². The molecular weight excluding hydrogens is 242 g/mol. The van der Waals surface area contributed by atoms with Gasteiger partial charge in [0.2, 0.25) is 0 Å². The first kappa shape index (κ1) is 13.9. The van der Waals surface area contributed by atoms with Gasteiger partial charge in [0.25, 0.3) is 0 Å². The summed E-state index contributed by atoms with van der Waals surface area (Å²) < 4.78 is 0. The lowest BCUT2D eigenvalue weighted by molar-refractivity contribution is 0.128. The maximum Gasteiger partial charge on any atom is 0.0802 e. The minimum Gasteiger partial charge on any atom is -0.388 e. The van der Waals surface area contributed by atoms with Crippen LogP contribution in [0.15, 0.2) is 30.3 Å². The highest BCUT2D eigenvalue weighted by molar-refractivity contribution is 8.00. The van der Waals surface area contributed by atoms with Crippen LogP contribution in [0.5, 0.6) is 0 Å². The zero-order valence-corrected chi connectivity index (χ0v) is 12.1. The third-order valence-electron chi connectivity index (χ3n) is 3.89. The Morgan fingerprint density at radius 2 is 2.06 bits per heavy atom. The van der Waals surface area contributed by atoms with Gasteiger partial charge < -0.3 is 5.11 Å². The van der Waals surface area contributed by atoms with Gasteiger partial charge in [0.1, 0.15) is 0 Å². The first-order valence-corrected chi connectivity index (χ1v) is 7.82. The van der Waals surface area contributed by atoms with Crippen molar-refractivity contribution in [1.82, 2.24) is 4.90 Å². The van der Waals surface area contributed by atoms with Gasteiger partial charge in [-0.1, -0.05) is 37.3 Å². The fraction of sp³-hybridized carbons (Fsp3) is 0.600. The number of thioether (sulfide) groups is 1. The summed E-state index contributed by atoms with van der Waals surface area (Å²) in [6.45, 7) is 6.74. The van der Waals surface area contributed by atoms with Gasteiger partial charge in [0.15, 0.2) is 0 Å². The van der Waals surface area contributed by atoms with Crippen LogP contribution in [0, 0.1) is 0 Å². The Hall–Kier alpha value is -0.510. The molecule has 2 nitrogen and oxygen atoms in total. The van der Waals surface area contributed by atoms with Crippen molar-refractivity contribution in [2.24, 2.45) is 0 Å². The Labute approximate surface area is 114 Å². The summed E-state index contributed by atoms with van der Waals surface area (Å²) in [7, 11) is 0. The lowest BCUT2D eigenvalue weighted by atomic mass is 10.1. The average molecular weight is 265 g/mol. The fourth-order valence-corrected chi connectivity index (χ4v) is 3.60. The van der Waals surface area contributed by atoms with Gasteiger partial charge in [-0.15, -0.1) is 0 Å². The zero-order chi connectivity index (χ0) is 13.0. The lowest BCUT2D eigenvalue weighted by Crippen LogP contribution is -2.45. The van der Waals surface area contributed by atoms with E-state index in [1.165, 1.54) is 5.75 Å². The molecule has 100 valence electrons. The van der Waals surface area contributed by atoms with Gasteiger partial charge in [-0.2, -0.15) is 11.8 Å². The molecule has 0 amide bonds. The van der Waals surface area contributed by atoms with E-state index < -0.39 is 0 Å². The topological polar surface area (TPSA) is 23.5 Å². The second kappa shape index (κ2) is 6.60. The Balaban J connectivity index is 1.84. The molecule has 3 atom stereocenters. The van der Waals surface area contributed by atoms with Crippen LogP contribution in [-0.4, -0.2) is 40.1 Å². The van der Waals surface area contributed by atoms with Crippen LogP contribution in [0.4, 0.5) is 0 Å². The van der Waals surface area contributed by atoms with Gasteiger partial charge in [-0.25, -0.2) is 0 Å². The molecule has 1 aromatic carbocycles. The molecule has 18 heavy (non-hydrogen) atoms. The normalized spacial score (nSPS) is 27.1. The highest BCUT2D eigenvalue weighted by Crippen LogP contribution is 2.25. The van der Waals surface area contributed by atoms with E-state index in [2.05, 4.69) is 30.5 Å². The van der Waals surface area contributed by atoms with E-state index in [9.17, 15) is 5.11 Å². The minimum absolute atomic E-state index is 0.330. The number of hydrogen-bond donors (Lipinski definition) is 1. The molecule has 0 saturated carbocycles. The zero-order valence-electron chi connectivity index (χ0n) is 11.2. The third-order valence-corrected chi connectivity index (χ3v) is 5.23. The molecule has 1 aromatic rings. The van der Waals surface area contributed by atoms with Crippen LogP contribution in [0.25, 0.3) is 0 Å². The largest absolute Gasteiger partial charge is 0.388 e. The van der Waals surface area contributed by atoms with E-state index in [0.29, 0.717) is 11.3 Å². The molecule has 1 N–H and O–H groups in total. The van der Waals surface area contributed by atoms with E-state index in [0.717, 1.165) is 25.1 Å². The third kappa shape index (κ3) is 3.50. The SMILES string of the molecule is CC1SCCN(CCC(O)c2ccccc2)C1C. The minimum atomic E-state index is -0.330. The monoisotopic (exact) mass is 265 g/mol. The molecule has 1 fully saturated rings. The van der Waals surface area contributed by atoms with Crippen LogP contribution in [-0.2, 0) is 0 Å². The van der Waals surface area contributed by atoms with Crippen LogP contribution in [0.2, 0.25) is 0 Å². The summed E-state index contributed by atoms with van der Waals surface area (Å²) in [6.07, 6.45) is 0.495. The average Bonchev–Trinajstić information content (AvgIpc) is 2.41. The summed E-state index contributed by atoms with van der Waals surface area (Å²) in [5.41, 5.74) is 1.03. The summed E-state index contributed by atoms with van der Waals surface area (Å²) in [4.78, 5) is 2.51. The number of benzene rings is 1. The van der Waals surface area contributed by atoms with Gasteiger partial charge in [-0.05, 0) is 18.9 Å². The molecule has 0 radical (unpaired) electrons. The molecule has 1 aliphatic heterocycles. The molecule has 3 unspecified atom stereocenters. The summed E-state index contributed by atoms with van der Waals surface area (Å²) in [6, 6.07) is 10.6. The molecule has 1 heterocycles. The van der Waals surface area contributed by atoms with Crippen molar-refractivity contribution in [3.63, 3.8) is 0 Å². The van der Waals surface area contributed by atoms with Gasteiger partial charge in [0.05, 0.1) is 6.10 Å². The maximum atomic E-state index is 10.2. The quantitative estimate of drug-likeness (QED) is 0.905. The van der Waals surface area contributed by atoms with Crippen molar-refractivity contribution < 1.29 is 5.11 Å². The van der Waals surface area contributed by atoms with E-state index in [1.807, 2.05) is 30.3 Å². The van der Waals surface area contributed by atoms with Crippen molar-refractivity contribution in [2.75, 3.05) is 18.8 Å². The van der Waals surface area contributed by atoms with Crippen molar-refractivity contribution >= 4 is 11.8 Å². The highest BCUT2D eigenvalue weighted by atomic mass is 32.2. The number of aliphatic hydroxyl groups excluding tert-OH is 1. The first-order valence-electron chi connectivity index (χ1n) is 6.77. The van der Waals surface area contributed by atoms with E-state index >= 15 is 0 Å². The number of aliphatic hydroxyl groups is 1. The Kier molecular flexibility index (Phi) is 5.10. The molecule has 1 saturated heterocycles. The lowest BCUT2D eigenvalue weighted by Gasteiger charge is -2.37. The first-order chi connectivity index (χ1) is 8.68. The molecule has 0 bridgehead atoms. The van der Waals surface area contributed by atoms with E-state index in [4.69, 9.17) is 0 Å². The summed E-state index contributed by atoms with van der Waals surface area (Å²) >= 11 is 2.06. The Bertz CT molecular complexity index is 357.